The van der Waals surface area contributed by atoms with E-state index in [4.69, 9.17) is 0 Å². The standard InChI is InChI=1S/C38H82N2O4.2BrH/c1-3-5-7-9-11-13-15-17-19-23-27-39(31-35-41,32-36-42)29-25-21-22-26-30-40(33-37-43,34-38-44)28-24-20-18-16-14-12-10-8-6-4-2;;/h41-44H,3-38H2,1-2H3;2*1H/q+2;;/p-2. The van der Waals surface area contributed by atoms with Gasteiger partial charge < -0.3 is 63.4 Å². The molecule has 0 aliphatic carbocycles. The van der Waals surface area contributed by atoms with Crippen LogP contribution in [0.5, 0.6) is 0 Å². The van der Waals surface area contributed by atoms with Gasteiger partial charge in [-0.2, -0.15) is 0 Å². The van der Waals surface area contributed by atoms with Crippen molar-refractivity contribution in [2.75, 3.05) is 78.8 Å². The number of rotatable bonds is 37. The summed E-state index contributed by atoms with van der Waals surface area (Å²) in [5.41, 5.74) is 0. The minimum absolute atomic E-state index is 0. The summed E-state index contributed by atoms with van der Waals surface area (Å²) in [5, 5.41) is 39.4. The number of hydrogen-bond donors (Lipinski definition) is 4. The number of nitrogens with zero attached hydrogens (tertiary/aromatic N) is 2. The van der Waals surface area contributed by atoms with Gasteiger partial charge in [-0.05, 0) is 51.4 Å². The zero-order valence-corrected chi connectivity index (χ0v) is 34.1. The molecule has 6 nitrogen and oxygen atoms in total. The molecule has 0 rings (SSSR count). The van der Waals surface area contributed by atoms with E-state index < -0.39 is 0 Å². The van der Waals surface area contributed by atoms with E-state index in [1.54, 1.807) is 0 Å². The number of halogens is 2. The van der Waals surface area contributed by atoms with Gasteiger partial charge in [-0.15, -0.1) is 0 Å². The Morgan fingerprint density at radius 3 is 0.609 bits per heavy atom. The number of quaternary nitrogens is 2. The van der Waals surface area contributed by atoms with Crippen LogP contribution in [0.3, 0.4) is 0 Å². The highest BCUT2D eigenvalue weighted by atomic mass is 79.9. The Labute approximate surface area is 308 Å². The van der Waals surface area contributed by atoms with Gasteiger partial charge in [0.1, 0.15) is 26.2 Å². The molecule has 0 amide bonds. The lowest BCUT2D eigenvalue weighted by atomic mass is 10.1. The SMILES string of the molecule is CCCCCCCCCCCC[N+](CCO)(CCO)CCCCCC[N+](CCO)(CCO)CCCCCCCCCCCC.[Br-].[Br-]. The summed E-state index contributed by atoms with van der Waals surface area (Å²) >= 11 is 0. The number of unbranched alkanes of at least 4 members (excludes halogenated alkanes) is 21. The molecular weight excluding hydrogens is 708 g/mol. The van der Waals surface area contributed by atoms with Crippen molar-refractivity contribution in [3.05, 3.63) is 0 Å². The molecule has 0 aromatic rings. The van der Waals surface area contributed by atoms with E-state index in [2.05, 4.69) is 13.8 Å². The molecule has 0 heterocycles. The Morgan fingerprint density at radius 2 is 0.435 bits per heavy atom. The first-order valence-corrected chi connectivity index (χ1v) is 19.7. The molecule has 0 unspecified atom stereocenters. The molecular formula is C38H82Br2N2O4. The summed E-state index contributed by atoms with van der Waals surface area (Å²) in [4.78, 5) is 0. The molecule has 282 valence electrons. The zero-order chi connectivity index (χ0) is 32.5. The highest BCUT2D eigenvalue weighted by Crippen LogP contribution is 2.18. The molecule has 0 aliphatic heterocycles. The normalized spacial score (nSPS) is 11.9. The van der Waals surface area contributed by atoms with Crippen LogP contribution in [0, 0.1) is 0 Å². The monoisotopic (exact) mass is 788 g/mol. The van der Waals surface area contributed by atoms with Crippen LogP contribution in [-0.4, -0.2) is 108 Å². The van der Waals surface area contributed by atoms with Gasteiger partial charge in [0.05, 0.1) is 52.6 Å². The lowest BCUT2D eigenvalue weighted by Crippen LogP contribution is -3.00. The van der Waals surface area contributed by atoms with E-state index in [0.29, 0.717) is 0 Å². The minimum Gasteiger partial charge on any atom is -1.00 e. The van der Waals surface area contributed by atoms with Crippen molar-refractivity contribution in [1.29, 1.82) is 0 Å². The first kappa shape index (κ1) is 51.1. The molecule has 8 heteroatoms. The zero-order valence-electron chi connectivity index (χ0n) is 30.9. The molecule has 0 aromatic heterocycles. The Bertz CT molecular complexity index is 515. The molecule has 0 atom stereocenters. The quantitative estimate of drug-likeness (QED) is 0.0575. The van der Waals surface area contributed by atoms with Crippen molar-refractivity contribution in [2.45, 2.75) is 168 Å². The average molecular weight is 791 g/mol. The maximum atomic E-state index is 9.85. The summed E-state index contributed by atoms with van der Waals surface area (Å²) in [6.07, 6.45) is 31.3. The molecule has 0 spiro atoms. The Hall–Kier alpha value is 0.720. The first-order chi connectivity index (χ1) is 21.6. The fourth-order valence-corrected chi connectivity index (χ4v) is 7.31. The van der Waals surface area contributed by atoms with Crippen LogP contribution in [0.25, 0.3) is 0 Å². The van der Waals surface area contributed by atoms with Gasteiger partial charge in [-0.25, -0.2) is 0 Å². The second kappa shape index (κ2) is 38.5. The van der Waals surface area contributed by atoms with Gasteiger partial charge in [0, 0.05) is 0 Å². The third-order valence-corrected chi connectivity index (χ3v) is 10.3. The average Bonchev–Trinajstić information content (AvgIpc) is 3.01. The summed E-state index contributed by atoms with van der Waals surface area (Å²) in [6, 6.07) is 0. The predicted molar refractivity (Wildman–Crippen MR) is 190 cm³/mol. The number of aliphatic hydroxyl groups is 4. The van der Waals surface area contributed by atoms with Crippen molar-refractivity contribution in [2.24, 2.45) is 0 Å². The van der Waals surface area contributed by atoms with Gasteiger partial charge in [0.2, 0.25) is 0 Å². The van der Waals surface area contributed by atoms with E-state index >= 15 is 0 Å². The number of aliphatic hydroxyl groups excluding tert-OH is 4. The third kappa shape index (κ3) is 29.6. The summed E-state index contributed by atoms with van der Waals surface area (Å²) < 4.78 is 1.72. The van der Waals surface area contributed by atoms with Crippen molar-refractivity contribution >= 4 is 0 Å². The fourth-order valence-electron chi connectivity index (χ4n) is 7.31. The molecule has 0 bridgehead atoms. The molecule has 0 saturated heterocycles. The lowest BCUT2D eigenvalue weighted by Gasteiger charge is -2.39. The molecule has 0 aliphatic rings. The van der Waals surface area contributed by atoms with Crippen LogP contribution in [0.15, 0.2) is 0 Å². The summed E-state index contributed by atoms with van der Waals surface area (Å²) in [5.74, 6) is 0. The van der Waals surface area contributed by atoms with Gasteiger partial charge in [0.25, 0.3) is 0 Å². The Morgan fingerprint density at radius 1 is 0.261 bits per heavy atom. The van der Waals surface area contributed by atoms with Crippen LogP contribution in [0.1, 0.15) is 168 Å². The second-order valence-electron chi connectivity index (χ2n) is 14.1. The molecule has 4 N–H and O–H groups in total. The highest BCUT2D eigenvalue weighted by molar-refractivity contribution is 4.55. The molecule has 0 aromatic carbocycles. The lowest BCUT2D eigenvalue weighted by molar-refractivity contribution is -0.929. The van der Waals surface area contributed by atoms with Gasteiger partial charge in [-0.1, -0.05) is 117 Å². The van der Waals surface area contributed by atoms with Crippen molar-refractivity contribution < 1.29 is 63.4 Å². The van der Waals surface area contributed by atoms with Crippen molar-refractivity contribution in [3.8, 4) is 0 Å². The van der Waals surface area contributed by atoms with Crippen LogP contribution in [0.4, 0.5) is 0 Å². The molecule has 0 fully saturated rings. The minimum atomic E-state index is 0. The molecule has 0 radical (unpaired) electrons. The van der Waals surface area contributed by atoms with Gasteiger partial charge in [0.15, 0.2) is 0 Å². The van der Waals surface area contributed by atoms with Crippen molar-refractivity contribution in [1.82, 2.24) is 0 Å². The molecule has 0 saturated carbocycles. The first-order valence-electron chi connectivity index (χ1n) is 19.7. The van der Waals surface area contributed by atoms with Crippen LogP contribution in [0.2, 0.25) is 0 Å². The maximum Gasteiger partial charge on any atom is 0.102 e. The van der Waals surface area contributed by atoms with Crippen LogP contribution < -0.4 is 34.0 Å². The number of hydrogen-bond acceptors (Lipinski definition) is 4. The van der Waals surface area contributed by atoms with Crippen LogP contribution >= 0.6 is 0 Å². The van der Waals surface area contributed by atoms with E-state index in [1.165, 1.54) is 141 Å². The molecule has 46 heavy (non-hydrogen) atoms. The van der Waals surface area contributed by atoms with Gasteiger partial charge in [-0.3, -0.25) is 0 Å². The highest BCUT2D eigenvalue weighted by Gasteiger charge is 2.27. The summed E-state index contributed by atoms with van der Waals surface area (Å²) in [7, 11) is 0. The predicted octanol–water partition coefficient (Wildman–Crippen LogP) is 2.00. The summed E-state index contributed by atoms with van der Waals surface area (Å²) in [6.45, 7) is 12.6. The third-order valence-electron chi connectivity index (χ3n) is 10.3. The smallest absolute Gasteiger partial charge is 0.102 e. The largest absolute Gasteiger partial charge is 1.00 e. The fraction of sp³-hybridized carbons (Fsp3) is 1.00. The van der Waals surface area contributed by atoms with Crippen molar-refractivity contribution in [3.63, 3.8) is 0 Å². The van der Waals surface area contributed by atoms with Gasteiger partial charge >= 0.3 is 0 Å². The van der Waals surface area contributed by atoms with E-state index in [0.717, 1.165) is 74.2 Å². The van der Waals surface area contributed by atoms with E-state index in [9.17, 15) is 20.4 Å². The Balaban J connectivity index is -0.00000924. The second-order valence-corrected chi connectivity index (χ2v) is 14.1. The Kier molecular flexibility index (Phi) is 42.8. The van der Waals surface area contributed by atoms with E-state index in [1.807, 2.05) is 0 Å². The maximum absolute atomic E-state index is 9.85. The topological polar surface area (TPSA) is 80.9 Å². The van der Waals surface area contributed by atoms with Crippen LogP contribution in [-0.2, 0) is 0 Å². The van der Waals surface area contributed by atoms with E-state index in [-0.39, 0.29) is 60.4 Å².